The molecule has 0 bridgehead atoms. The monoisotopic (exact) mass is 436 g/mol. The highest BCUT2D eigenvalue weighted by Gasteiger charge is 2.30. The van der Waals surface area contributed by atoms with Crippen molar-refractivity contribution in [3.8, 4) is 0 Å². The summed E-state index contributed by atoms with van der Waals surface area (Å²) in [4.78, 5) is 0. The maximum atomic E-state index is 6.19. The molecule has 0 spiro atoms. The smallest absolute Gasteiger partial charge is 0.0600 e. The van der Waals surface area contributed by atoms with Crippen molar-refractivity contribution in [3.63, 3.8) is 0 Å². The van der Waals surface area contributed by atoms with E-state index in [0.29, 0.717) is 12.3 Å². The van der Waals surface area contributed by atoms with Crippen LogP contribution in [-0.2, 0) is 4.74 Å². The molecule has 184 valence electrons. The van der Waals surface area contributed by atoms with Gasteiger partial charge in [0.05, 0.1) is 12.3 Å². The average Bonchev–Trinajstić information content (AvgIpc) is 2.81. The van der Waals surface area contributed by atoms with Crippen molar-refractivity contribution in [2.24, 2.45) is 11.8 Å². The van der Waals surface area contributed by atoms with Gasteiger partial charge in [-0.05, 0) is 50.4 Å². The zero-order valence-electron chi connectivity index (χ0n) is 21.3. The second kappa shape index (κ2) is 18.3. The van der Waals surface area contributed by atoms with Crippen molar-refractivity contribution in [3.05, 3.63) is 0 Å². The number of ether oxygens (including phenoxy) is 1. The van der Waals surface area contributed by atoms with Crippen molar-refractivity contribution in [2.45, 2.75) is 148 Å². The lowest BCUT2D eigenvalue weighted by molar-refractivity contribution is 0.00847. The highest BCUT2D eigenvalue weighted by molar-refractivity contribution is 4.85. The maximum Gasteiger partial charge on any atom is 0.0600 e. The topological polar surface area (TPSA) is 33.3 Å². The van der Waals surface area contributed by atoms with Gasteiger partial charge in [0.1, 0.15) is 0 Å². The first-order valence-electron chi connectivity index (χ1n) is 14.4. The first kappa shape index (κ1) is 27.1. The van der Waals surface area contributed by atoms with Gasteiger partial charge in [0, 0.05) is 19.7 Å². The summed E-state index contributed by atoms with van der Waals surface area (Å²) < 4.78 is 6.19. The molecule has 2 aliphatic rings. The van der Waals surface area contributed by atoms with Crippen molar-refractivity contribution in [2.75, 3.05) is 19.7 Å². The quantitative estimate of drug-likeness (QED) is 0.217. The van der Waals surface area contributed by atoms with Gasteiger partial charge in [-0.25, -0.2) is 0 Å². The zero-order chi connectivity index (χ0) is 22.0. The van der Waals surface area contributed by atoms with Crippen molar-refractivity contribution in [1.82, 2.24) is 10.6 Å². The summed E-state index contributed by atoms with van der Waals surface area (Å²) in [6, 6.07) is 0. The fourth-order valence-corrected chi connectivity index (χ4v) is 5.56. The summed E-state index contributed by atoms with van der Waals surface area (Å²) in [5.41, 5.74) is 0. The summed E-state index contributed by atoms with van der Waals surface area (Å²) in [5, 5.41) is 7.71. The molecule has 3 nitrogen and oxygen atoms in total. The molecule has 3 heteroatoms. The molecule has 2 fully saturated rings. The summed E-state index contributed by atoms with van der Waals surface area (Å²) in [6.07, 6.45) is 27.3. The van der Waals surface area contributed by atoms with E-state index in [2.05, 4.69) is 24.5 Å². The van der Waals surface area contributed by atoms with Gasteiger partial charge in [-0.3, -0.25) is 0 Å². The van der Waals surface area contributed by atoms with Gasteiger partial charge in [-0.15, -0.1) is 0 Å². The largest absolute Gasteiger partial charge is 0.378 e. The molecule has 0 aromatic rings. The lowest BCUT2D eigenvalue weighted by Crippen LogP contribution is -2.56. The van der Waals surface area contributed by atoms with Gasteiger partial charge in [0.25, 0.3) is 0 Å². The number of hydrogen-bond donors (Lipinski definition) is 2. The second-order valence-corrected chi connectivity index (χ2v) is 10.6. The number of hydrogen-bond acceptors (Lipinski definition) is 3. The summed E-state index contributed by atoms with van der Waals surface area (Å²) >= 11 is 0. The molecule has 1 saturated heterocycles. The average molecular weight is 437 g/mol. The minimum Gasteiger partial charge on any atom is -0.378 e. The van der Waals surface area contributed by atoms with Gasteiger partial charge in [0.2, 0.25) is 0 Å². The maximum absolute atomic E-state index is 6.19. The van der Waals surface area contributed by atoms with Crippen LogP contribution in [-0.4, -0.2) is 32.0 Å². The first-order chi connectivity index (χ1) is 15.3. The predicted molar refractivity (Wildman–Crippen MR) is 136 cm³/mol. The van der Waals surface area contributed by atoms with Crippen LogP contribution in [0.3, 0.4) is 0 Å². The summed E-state index contributed by atoms with van der Waals surface area (Å²) in [6.45, 7) is 8.02. The highest BCUT2D eigenvalue weighted by atomic mass is 16.5. The Morgan fingerprint density at radius 1 is 0.613 bits per heavy atom. The zero-order valence-corrected chi connectivity index (χ0v) is 21.3. The number of unbranched alkanes of at least 4 members (excludes halogenated alkanes) is 12. The fraction of sp³-hybridized carbons (Fsp3) is 1.00. The predicted octanol–water partition coefficient (Wildman–Crippen LogP) is 7.59. The molecule has 31 heavy (non-hydrogen) atoms. The van der Waals surface area contributed by atoms with E-state index in [4.69, 9.17) is 4.74 Å². The van der Waals surface area contributed by atoms with Crippen molar-refractivity contribution in [1.29, 1.82) is 0 Å². The van der Waals surface area contributed by atoms with Crippen LogP contribution >= 0.6 is 0 Å². The van der Waals surface area contributed by atoms with Crippen LogP contribution in [0, 0.1) is 11.8 Å². The van der Waals surface area contributed by atoms with Crippen LogP contribution in [0.5, 0.6) is 0 Å². The molecule has 1 aliphatic heterocycles. The Morgan fingerprint density at radius 2 is 1.13 bits per heavy atom. The third-order valence-electron chi connectivity index (χ3n) is 7.76. The molecule has 0 radical (unpaired) electrons. The molecule has 0 atom stereocenters. The Labute approximate surface area is 195 Å². The van der Waals surface area contributed by atoms with Crippen LogP contribution in [0.25, 0.3) is 0 Å². The first-order valence-corrected chi connectivity index (χ1v) is 14.4. The van der Waals surface area contributed by atoms with Gasteiger partial charge in [-0.2, -0.15) is 0 Å². The van der Waals surface area contributed by atoms with E-state index in [1.54, 1.807) is 0 Å². The SMILES string of the molecule is CCCCCCCCCCC1CNC(C2CCC(OCCCCCCCC)CC2)NC1. The van der Waals surface area contributed by atoms with E-state index in [1.807, 2.05) is 0 Å². The van der Waals surface area contributed by atoms with E-state index in [0.717, 1.165) is 18.4 Å². The molecule has 1 aliphatic carbocycles. The molecule has 1 saturated carbocycles. The Balaban J connectivity index is 1.42. The van der Waals surface area contributed by atoms with E-state index in [-0.39, 0.29) is 0 Å². The fourth-order valence-electron chi connectivity index (χ4n) is 5.56. The minimum atomic E-state index is 0.533. The molecule has 0 aromatic carbocycles. The molecule has 0 aromatic heterocycles. The van der Waals surface area contributed by atoms with E-state index in [9.17, 15) is 0 Å². The third-order valence-corrected chi connectivity index (χ3v) is 7.76. The Bertz CT molecular complexity index is 386. The lowest BCUT2D eigenvalue weighted by atomic mass is 9.84. The molecular formula is C28H56N2O. The van der Waals surface area contributed by atoms with Gasteiger partial charge in [-0.1, -0.05) is 97.3 Å². The van der Waals surface area contributed by atoms with Crippen LogP contribution in [0.2, 0.25) is 0 Å². The van der Waals surface area contributed by atoms with Crippen LogP contribution in [0.4, 0.5) is 0 Å². The van der Waals surface area contributed by atoms with Crippen molar-refractivity contribution >= 4 is 0 Å². The molecular weight excluding hydrogens is 380 g/mol. The molecule has 0 unspecified atom stereocenters. The van der Waals surface area contributed by atoms with Gasteiger partial charge >= 0.3 is 0 Å². The Morgan fingerprint density at radius 3 is 1.71 bits per heavy atom. The second-order valence-electron chi connectivity index (χ2n) is 10.6. The minimum absolute atomic E-state index is 0.533. The van der Waals surface area contributed by atoms with Gasteiger partial charge in [0.15, 0.2) is 0 Å². The Kier molecular flexibility index (Phi) is 16.0. The third kappa shape index (κ3) is 12.6. The molecule has 0 amide bonds. The van der Waals surface area contributed by atoms with E-state index in [1.165, 1.54) is 135 Å². The van der Waals surface area contributed by atoms with E-state index >= 15 is 0 Å². The summed E-state index contributed by atoms with van der Waals surface area (Å²) in [7, 11) is 0. The summed E-state index contributed by atoms with van der Waals surface area (Å²) in [5.74, 6) is 1.64. The highest BCUT2D eigenvalue weighted by Crippen LogP contribution is 2.29. The number of nitrogens with one attached hydrogen (secondary N) is 2. The standard InChI is InChI=1S/C28H56N2O/c1-3-5-7-9-11-12-13-15-17-25-23-29-28(30-24-25)26-18-20-27(21-19-26)31-22-16-14-10-8-6-4-2/h25-30H,3-24H2,1-2H3. The molecule has 1 heterocycles. The van der Waals surface area contributed by atoms with Crippen LogP contribution in [0.15, 0.2) is 0 Å². The molecule has 2 rings (SSSR count). The number of rotatable bonds is 18. The lowest BCUT2D eigenvalue weighted by Gasteiger charge is -2.39. The van der Waals surface area contributed by atoms with E-state index < -0.39 is 0 Å². The Hall–Kier alpha value is -0.120. The van der Waals surface area contributed by atoms with Gasteiger partial charge < -0.3 is 15.4 Å². The van der Waals surface area contributed by atoms with Crippen LogP contribution in [0.1, 0.15) is 136 Å². The normalized spacial score (nSPS) is 26.9. The van der Waals surface area contributed by atoms with Crippen LogP contribution < -0.4 is 10.6 Å². The van der Waals surface area contributed by atoms with Crippen molar-refractivity contribution < 1.29 is 4.74 Å². The molecule has 2 N–H and O–H groups in total.